The third kappa shape index (κ3) is 7.09. The number of carbonyl (C=O) groups is 2. The summed E-state index contributed by atoms with van der Waals surface area (Å²) in [5.41, 5.74) is 5.82. The average Bonchev–Trinajstić information content (AvgIpc) is 2.87. The number of benzene rings is 3. The third-order valence-electron chi connectivity index (χ3n) is 4.86. The molecule has 0 aromatic heterocycles. The Morgan fingerprint density at radius 1 is 0.912 bits per heavy atom. The molecule has 0 aliphatic heterocycles. The minimum atomic E-state index is -0.455. The second-order valence-corrected chi connectivity index (χ2v) is 7.39. The number of amides is 2. The van der Waals surface area contributed by atoms with Gasteiger partial charge in [0, 0.05) is 5.56 Å². The molecule has 0 saturated carbocycles. The average molecular weight is 462 g/mol. The van der Waals surface area contributed by atoms with Crippen molar-refractivity contribution in [2.45, 2.75) is 13.5 Å². The van der Waals surface area contributed by atoms with Gasteiger partial charge in [0.05, 0.1) is 27.0 Å². The minimum absolute atomic E-state index is 0.226. The van der Waals surface area contributed by atoms with Crippen LogP contribution in [0.5, 0.6) is 17.2 Å². The van der Waals surface area contributed by atoms with Gasteiger partial charge in [-0.05, 0) is 60.5 Å². The van der Waals surface area contributed by atoms with Crippen LogP contribution in [0.25, 0.3) is 0 Å². The number of hydrogen-bond donors (Lipinski definition) is 2. The first-order chi connectivity index (χ1) is 16.5. The largest absolute Gasteiger partial charge is 0.493 e. The molecule has 8 heteroatoms. The maximum atomic E-state index is 12.3. The summed E-state index contributed by atoms with van der Waals surface area (Å²) in [5.74, 6) is 0.803. The number of hydrogen-bond acceptors (Lipinski definition) is 6. The van der Waals surface area contributed by atoms with E-state index in [0.717, 1.165) is 16.9 Å². The molecule has 0 aliphatic carbocycles. The Morgan fingerprint density at radius 2 is 1.62 bits per heavy atom. The van der Waals surface area contributed by atoms with E-state index in [4.69, 9.17) is 14.2 Å². The van der Waals surface area contributed by atoms with Crippen LogP contribution < -0.4 is 25.0 Å². The molecule has 0 spiro atoms. The van der Waals surface area contributed by atoms with Crippen molar-refractivity contribution in [3.05, 3.63) is 89.0 Å². The maximum absolute atomic E-state index is 12.3. The predicted octanol–water partition coefficient (Wildman–Crippen LogP) is 3.47. The molecule has 0 aliphatic rings. The number of nitrogens with zero attached hydrogens (tertiary/aromatic N) is 1. The van der Waals surface area contributed by atoms with Crippen molar-refractivity contribution in [1.29, 1.82) is 0 Å². The summed E-state index contributed by atoms with van der Waals surface area (Å²) >= 11 is 0. The second kappa shape index (κ2) is 12.1. The lowest BCUT2D eigenvalue weighted by molar-refractivity contribution is -0.120. The van der Waals surface area contributed by atoms with Crippen LogP contribution in [0, 0.1) is 6.92 Å². The highest BCUT2D eigenvalue weighted by atomic mass is 16.5. The number of nitrogens with one attached hydrogen (secondary N) is 2. The number of methoxy groups -OCH3 is 2. The van der Waals surface area contributed by atoms with Crippen LogP contribution in [0.3, 0.4) is 0 Å². The Labute approximate surface area is 198 Å². The lowest BCUT2D eigenvalue weighted by Gasteiger charge is -2.09. The molecule has 2 amide bonds. The van der Waals surface area contributed by atoms with Crippen molar-refractivity contribution < 1.29 is 23.8 Å². The summed E-state index contributed by atoms with van der Waals surface area (Å²) in [6, 6.07) is 20.3. The number of carbonyl (C=O) groups excluding carboxylic acids is 2. The van der Waals surface area contributed by atoms with E-state index in [1.165, 1.54) is 26.0 Å². The topological polar surface area (TPSA) is 98.2 Å². The van der Waals surface area contributed by atoms with Gasteiger partial charge in [-0.15, -0.1) is 0 Å². The molecular weight excluding hydrogens is 434 g/mol. The Morgan fingerprint density at radius 3 is 2.29 bits per heavy atom. The monoisotopic (exact) mass is 461 g/mol. The number of aryl methyl sites for hydroxylation is 1. The molecule has 3 aromatic rings. The molecule has 0 atom stereocenters. The van der Waals surface area contributed by atoms with Crippen molar-refractivity contribution in [2.24, 2.45) is 5.10 Å². The van der Waals surface area contributed by atoms with Crippen LogP contribution in [-0.2, 0) is 11.4 Å². The van der Waals surface area contributed by atoms with Gasteiger partial charge in [0.2, 0.25) is 0 Å². The Kier molecular flexibility index (Phi) is 8.62. The second-order valence-electron chi connectivity index (χ2n) is 7.39. The molecular formula is C26H27N3O5. The standard InChI is InChI=1S/C26H27N3O5/c1-18-4-6-20(7-5-18)17-34-22-11-8-19(9-12-22)15-28-29-25(30)16-27-26(31)21-10-13-23(32-2)24(14-21)33-3/h4-15H,16-17H2,1-3H3,(H,27,31)(H,29,30)/b28-15-. The fourth-order valence-electron chi connectivity index (χ4n) is 2.96. The molecule has 0 fully saturated rings. The molecule has 0 unspecified atom stereocenters. The molecule has 3 aromatic carbocycles. The summed E-state index contributed by atoms with van der Waals surface area (Å²) in [6.07, 6.45) is 1.51. The zero-order chi connectivity index (χ0) is 24.3. The zero-order valence-electron chi connectivity index (χ0n) is 19.3. The van der Waals surface area contributed by atoms with Crippen LogP contribution >= 0.6 is 0 Å². The van der Waals surface area contributed by atoms with Gasteiger partial charge >= 0.3 is 0 Å². The van der Waals surface area contributed by atoms with Crippen LogP contribution in [0.2, 0.25) is 0 Å². The van der Waals surface area contributed by atoms with Gasteiger partial charge in [0.25, 0.3) is 11.8 Å². The molecule has 0 bridgehead atoms. The molecule has 176 valence electrons. The van der Waals surface area contributed by atoms with E-state index >= 15 is 0 Å². The number of hydrazone groups is 1. The highest BCUT2D eigenvalue weighted by molar-refractivity contribution is 5.97. The Bertz CT molecular complexity index is 1140. The highest BCUT2D eigenvalue weighted by Gasteiger charge is 2.11. The van der Waals surface area contributed by atoms with Crippen LogP contribution in [-0.4, -0.2) is 38.8 Å². The lowest BCUT2D eigenvalue weighted by atomic mass is 10.2. The van der Waals surface area contributed by atoms with E-state index in [0.29, 0.717) is 23.7 Å². The van der Waals surface area contributed by atoms with Crippen molar-refractivity contribution in [3.8, 4) is 17.2 Å². The molecule has 0 heterocycles. The first-order valence-corrected chi connectivity index (χ1v) is 10.6. The molecule has 2 N–H and O–H groups in total. The molecule has 3 rings (SSSR count). The Hall–Kier alpha value is -4.33. The maximum Gasteiger partial charge on any atom is 0.259 e. The van der Waals surface area contributed by atoms with E-state index in [1.54, 1.807) is 18.2 Å². The van der Waals surface area contributed by atoms with E-state index in [1.807, 2.05) is 55.5 Å². The lowest BCUT2D eigenvalue weighted by Crippen LogP contribution is -2.34. The molecule has 34 heavy (non-hydrogen) atoms. The summed E-state index contributed by atoms with van der Waals surface area (Å²) in [5, 5.41) is 6.46. The summed E-state index contributed by atoms with van der Waals surface area (Å²) in [4.78, 5) is 24.2. The van der Waals surface area contributed by atoms with Crippen LogP contribution in [0.4, 0.5) is 0 Å². The third-order valence-corrected chi connectivity index (χ3v) is 4.86. The van der Waals surface area contributed by atoms with Gasteiger partial charge in [0.15, 0.2) is 11.5 Å². The summed E-state index contributed by atoms with van der Waals surface area (Å²) in [6.45, 7) is 2.30. The van der Waals surface area contributed by atoms with E-state index in [-0.39, 0.29) is 6.54 Å². The first-order valence-electron chi connectivity index (χ1n) is 10.6. The molecule has 8 nitrogen and oxygen atoms in total. The van der Waals surface area contributed by atoms with Crippen LogP contribution in [0.1, 0.15) is 27.0 Å². The smallest absolute Gasteiger partial charge is 0.259 e. The summed E-state index contributed by atoms with van der Waals surface area (Å²) in [7, 11) is 2.99. The fraction of sp³-hybridized carbons (Fsp3) is 0.192. The van der Waals surface area contributed by atoms with Gasteiger partial charge in [0.1, 0.15) is 12.4 Å². The first kappa shape index (κ1) is 24.3. The van der Waals surface area contributed by atoms with E-state index < -0.39 is 11.8 Å². The SMILES string of the molecule is COc1ccc(C(=O)NCC(=O)N/N=C\c2ccc(OCc3ccc(C)cc3)cc2)cc1OC. The van der Waals surface area contributed by atoms with E-state index in [2.05, 4.69) is 15.8 Å². The highest BCUT2D eigenvalue weighted by Crippen LogP contribution is 2.27. The van der Waals surface area contributed by atoms with Gasteiger partial charge < -0.3 is 19.5 Å². The van der Waals surface area contributed by atoms with Gasteiger partial charge in [-0.2, -0.15) is 5.10 Å². The molecule has 0 radical (unpaired) electrons. The quantitative estimate of drug-likeness (QED) is 0.356. The van der Waals surface area contributed by atoms with Crippen molar-refractivity contribution in [2.75, 3.05) is 20.8 Å². The van der Waals surface area contributed by atoms with Crippen LogP contribution in [0.15, 0.2) is 71.8 Å². The van der Waals surface area contributed by atoms with Crippen molar-refractivity contribution in [1.82, 2.24) is 10.7 Å². The fourth-order valence-corrected chi connectivity index (χ4v) is 2.96. The minimum Gasteiger partial charge on any atom is -0.493 e. The normalized spacial score (nSPS) is 10.6. The summed E-state index contributed by atoms with van der Waals surface area (Å²) < 4.78 is 16.1. The van der Waals surface area contributed by atoms with Crippen molar-refractivity contribution in [3.63, 3.8) is 0 Å². The van der Waals surface area contributed by atoms with Crippen molar-refractivity contribution >= 4 is 18.0 Å². The Balaban J connectivity index is 1.42. The van der Waals surface area contributed by atoms with Gasteiger partial charge in [-0.25, -0.2) is 5.43 Å². The molecule has 0 saturated heterocycles. The number of ether oxygens (including phenoxy) is 3. The zero-order valence-corrected chi connectivity index (χ0v) is 19.3. The van der Waals surface area contributed by atoms with E-state index in [9.17, 15) is 9.59 Å². The van der Waals surface area contributed by atoms with Gasteiger partial charge in [-0.1, -0.05) is 29.8 Å². The van der Waals surface area contributed by atoms with Gasteiger partial charge in [-0.3, -0.25) is 9.59 Å². The predicted molar refractivity (Wildman–Crippen MR) is 130 cm³/mol. The number of rotatable bonds is 10.